The molecular weight excluding hydrogens is 258 g/mol. The summed E-state index contributed by atoms with van der Waals surface area (Å²) in [6.07, 6.45) is 1.80. The number of hydrogen-bond donors (Lipinski definition) is 1. The molecule has 0 aromatic heterocycles. The van der Waals surface area contributed by atoms with Gasteiger partial charge < -0.3 is 19.5 Å². The summed E-state index contributed by atoms with van der Waals surface area (Å²) < 4.78 is 16.1. The normalized spacial score (nSPS) is 15.3. The first-order chi connectivity index (χ1) is 9.76. The predicted octanol–water partition coefficient (Wildman–Crippen LogP) is 2.06. The standard InChI is InChI=1S/C15H21NO4/c1-3-7-16-14(15(17)18-2)11-5-6-12-13(10-11)20-9-4-8-19-12/h5-6,10,14,16H,3-4,7-9H2,1-2H3. The molecule has 0 spiro atoms. The highest BCUT2D eigenvalue weighted by Gasteiger charge is 2.22. The smallest absolute Gasteiger partial charge is 0.327 e. The van der Waals surface area contributed by atoms with Gasteiger partial charge in [-0.25, -0.2) is 4.79 Å². The average molecular weight is 279 g/mol. The molecule has 1 aromatic rings. The van der Waals surface area contributed by atoms with Crippen LogP contribution in [0.5, 0.6) is 11.5 Å². The van der Waals surface area contributed by atoms with Crippen LogP contribution in [0.15, 0.2) is 18.2 Å². The van der Waals surface area contributed by atoms with Crippen molar-refractivity contribution >= 4 is 5.97 Å². The first-order valence-electron chi connectivity index (χ1n) is 6.97. The number of ether oxygens (including phenoxy) is 3. The number of rotatable bonds is 5. The maximum Gasteiger partial charge on any atom is 0.327 e. The van der Waals surface area contributed by atoms with Crippen LogP contribution in [0.1, 0.15) is 31.4 Å². The van der Waals surface area contributed by atoms with Crippen molar-refractivity contribution in [2.45, 2.75) is 25.8 Å². The Morgan fingerprint density at radius 2 is 2.10 bits per heavy atom. The Morgan fingerprint density at radius 3 is 2.80 bits per heavy atom. The van der Waals surface area contributed by atoms with E-state index in [-0.39, 0.29) is 5.97 Å². The van der Waals surface area contributed by atoms with Gasteiger partial charge in [0.1, 0.15) is 6.04 Å². The van der Waals surface area contributed by atoms with Crippen LogP contribution in [0.2, 0.25) is 0 Å². The van der Waals surface area contributed by atoms with Gasteiger partial charge in [-0.3, -0.25) is 0 Å². The Morgan fingerprint density at radius 1 is 1.35 bits per heavy atom. The number of methoxy groups -OCH3 is 1. The molecule has 1 aliphatic rings. The second-order valence-corrected chi connectivity index (χ2v) is 4.67. The molecule has 2 rings (SSSR count). The van der Waals surface area contributed by atoms with Gasteiger partial charge in [-0.2, -0.15) is 0 Å². The number of carbonyl (C=O) groups excluding carboxylic acids is 1. The molecule has 0 saturated heterocycles. The topological polar surface area (TPSA) is 56.8 Å². The van der Waals surface area contributed by atoms with E-state index in [0.29, 0.717) is 19.0 Å². The average Bonchev–Trinajstić information content (AvgIpc) is 2.72. The quantitative estimate of drug-likeness (QED) is 0.836. The van der Waals surface area contributed by atoms with Crippen LogP contribution in [-0.4, -0.2) is 32.8 Å². The van der Waals surface area contributed by atoms with Gasteiger partial charge in [0.25, 0.3) is 0 Å². The first-order valence-corrected chi connectivity index (χ1v) is 6.97. The van der Waals surface area contributed by atoms with Gasteiger partial charge in [-0.1, -0.05) is 13.0 Å². The summed E-state index contributed by atoms with van der Waals surface area (Å²) in [6, 6.07) is 5.10. The molecule has 0 bridgehead atoms. The van der Waals surface area contributed by atoms with Crippen molar-refractivity contribution in [3.8, 4) is 11.5 Å². The minimum atomic E-state index is -0.475. The molecule has 1 aliphatic heterocycles. The fourth-order valence-electron chi connectivity index (χ4n) is 2.10. The van der Waals surface area contributed by atoms with E-state index in [0.717, 1.165) is 30.7 Å². The lowest BCUT2D eigenvalue weighted by molar-refractivity contribution is -0.143. The van der Waals surface area contributed by atoms with Crippen molar-refractivity contribution < 1.29 is 19.0 Å². The van der Waals surface area contributed by atoms with Crippen LogP contribution in [0, 0.1) is 0 Å². The van der Waals surface area contributed by atoms with E-state index >= 15 is 0 Å². The van der Waals surface area contributed by atoms with Gasteiger partial charge >= 0.3 is 5.97 Å². The Bertz CT molecular complexity index is 461. The maximum absolute atomic E-state index is 11.9. The number of benzene rings is 1. The van der Waals surface area contributed by atoms with Crippen molar-refractivity contribution in [2.24, 2.45) is 0 Å². The minimum Gasteiger partial charge on any atom is -0.490 e. The number of fused-ring (bicyclic) bond motifs is 1. The van der Waals surface area contributed by atoms with Gasteiger partial charge in [0, 0.05) is 6.42 Å². The third-order valence-corrected chi connectivity index (χ3v) is 3.14. The molecule has 1 heterocycles. The molecule has 110 valence electrons. The zero-order chi connectivity index (χ0) is 14.4. The molecule has 0 saturated carbocycles. The summed E-state index contributed by atoms with van der Waals surface area (Å²) in [5.74, 6) is 1.12. The van der Waals surface area contributed by atoms with Gasteiger partial charge in [-0.15, -0.1) is 0 Å². The van der Waals surface area contributed by atoms with Crippen molar-refractivity contribution in [1.82, 2.24) is 5.32 Å². The van der Waals surface area contributed by atoms with Crippen molar-refractivity contribution in [3.05, 3.63) is 23.8 Å². The predicted molar refractivity (Wildman–Crippen MR) is 75.1 cm³/mol. The lowest BCUT2D eigenvalue weighted by atomic mass is 10.1. The van der Waals surface area contributed by atoms with Crippen LogP contribution in [-0.2, 0) is 9.53 Å². The van der Waals surface area contributed by atoms with Gasteiger partial charge in [0.2, 0.25) is 0 Å². The Hall–Kier alpha value is -1.75. The van der Waals surface area contributed by atoms with E-state index in [1.54, 1.807) is 0 Å². The van der Waals surface area contributed by atoms with Crippen molar-refractivity contribution in [1.29, 1.82) is 0 Å². The van der Waals surface area contributed by atoms with E-state index < -0.39 is 6.04 Å². The van der Waals surface area contributed by atoms with Crippen LogP contribution < -0.4 is 14.8 Å². The highest BCUT2D eigenvalue weighted by molar-refractivity contribution is 5.78. The minimum absolute atomic E-state index is 0.298. The van der Waals surface area contributed by atoms with E-state index in [1.807, 2.05) is 18.2 Å². The summed E-state index contributed by atoms with van der Waals surface area (Å²) in [7, 11) is 1.39. The number of hydrogen-bond acceptors (Lipinski definition) is 5. The summed E-state index contributed by atoms with van der Waals surface area (Å²) in [6.45, 7) is 4.08. The molecule has 1 aromatic carbocycles. The van der Waals surface area contributed by atoms with E-state index in [1.165, 1.54) is 7.11 Å². The lowest BCUT2D eigenvalue weighted by Crippen LogP contribution is -2.30. The molecule has 20 heavy (non-hydrogen) atoms. The third-order valence-electron chi connectivity index (χ3n) is 3.14. The summed E-state index contributed by atoms with van der Waals surface area (Å²) in [5.41, 5.74) is 0.828. The first kappa shape index (κ1) is 14.7. The zero-order valence-corrected chi connectivity index (χ0v) is 12.0. The Balaban J connectivity index is 2.24. The number of carbonyl (C=O) groups is 1. The summed E-state index contributed by atoms with van der Waals surface area (Å²) >= 11 is 0. The molecule has 1 atom stereocenters. The molecule has 5 nitrogen and oxygen atoms in total. The third kappa shape index (κ3) is 3.42. The van der Waals surface area contributed by atoms with E-state index in [4.69, 9.17) is 14.2 Å². The largest absolute Gasteiger partial charge is 0.490 e. The lowest BCUT2D eigenvalue weighted by Gasteiger charge is -2.18. The number of esters is 1. The van der Waals surface area contributed by atoms with Crippen LogP contribution in [0.25, 0.3) is 0 Å². The fraction of sp³-hybridized carbons (Fsp3) is 0.533. The number of nitrogens with one attached hydrogen (secondary N) is 1. The van der Waals surface area contributed by atoms with Gasteiger partial charge in [0.15, 0.2) is 11.5 Å². The van der Waals surface area contributed by atoms with Gasteiger partial charge in [0.05, 0.1) is 20.3 Å². The highest BCUT2D eigenvalue weighted by atomic mass is 16.5. The Kier molecular flexibility index (Phi) is 5.24. The monoisotopic (exact) mass is 279 g/mol. The SMILES string of the molecule is CCCNC(C(=O)OC)c1ccc2c(c1)OCCCO2. The molecule has 1 unspecified atom stereocenters. The zero-order valence-electron chi connectivity index (χ0n) is 12.0. The van der Waals surface area contributed by atoms with Crippen molar-refractivity contribution in [3.63, 3.8) is 0 Å². The van der Waals surface area contributed by atoms with E-state index in [2.05, 4.69) is 12.2 Å². The fourth-order valence-corrected chi connectivity index (χ4v) is 2.10. The molecule has 0 fully saturated rings. The second-order valence-electron chi connectivity index (χ2n) is 4.67. The summed E-state index contributed by atoms with van der Waals surface area (Å²) in [5, 5.41) is 3.19. The van der Waals surface area contributed by atoms with E-state index in [9.17, 15) is 4.79 Å². The highest BCUT2D eigenvalue weighted by Crippen LogP contribution is 2.32. The second kappa shape index (κ2) is 7.14. The van der Waals surface area contributed by atoms with Crippen molar-refractivity contribution in [2.75, 3.05) is 26.9 Å². The molecule has 1 N–H and O–H groups in total. The molecule has 0 amide bonds. The van der Waals surface area contributed by atoms with Crippen LogP contribution in [0.4, 0.5) is 0 Å². The van der Waals surface area contributed by atoms with Gasteiger partial charge in [-0.05, 0) is 30.7 Å². The Labute approximate surface area is 119 Å². The molecule has 0 aliphatic carbocycles. The molecular formula is C15H21NO4. The molecule has 0 radical (unpaired) electrons. The van der Waals surface area contributed by atoms with Crippen LogP contribution in [0.3, 0.4) is 0 Å². The van der Waals surface area contributed by atoms with Crippen LogP contribution >= 0.6 is 0 Å². The molecule has 5 heteroatoms. The summed E-state index contributed by atoms with van der Waals surface area (Å²) in [4.78, 5) is 11.9. The maximum atomic E-state index is 11.9.